The second-order valence-electron chi connectivity index (χ2n) is 6.82. The molecule has 8 heteroatoms. The molecule has 0 bridgehead atoms. The van der Waals surface area contributed by atoms with Gasteiger partial charge < -0.3 is 5.32 Å². The number of likely N-dealkylation sites (tertiary alicyclic amines) is 1. The molecular formula is C21H22N2O5S. The third kappa shape index (κ3) is 5.29. The van der Waals surface area contributed by atoms with Gasteiger partial charge in [-0.1, -0.05) is 30.3 Å². The van der Waals surface area contributed by atoms with E-state index in [-0.39, 0.29) is 47.8 Å². The van der Waals surface area contributed by atoms with Gasteiger partial charge in [-0.3, -0.25) is 19.3 Å². The van der Waals surface area contributed by atoms with Crippen molar-refractivity contribution in [1.82, 2.24) is 10.2 Å². The third-order valence-corrected chi connectivity index (χ3v) is 6.35. The summed E-state index contributed by atoms with van der Waals surface area (Å²) in [5.41, 5.74) is 0.883. The van der Waals surface area contributed by atoms with Gasteiger partial charge in [0.25, 0.3) is 5.91 Å². The Kier molecular flexibility index (Phi) is 6.43. The quantitative estimate of drug-likeness (QED) is 0.525. The molecule has 29 heavy (non-hydrogen) atoms. The van der Waals surface area contributed by atoms with Gasteiger partial charge in [-0.05, 0) is 36.2 Å². The molecule has 1 fully saturated rings. The van der Waals surface area contributed by atoms with Gasteiger partial charge in [0.2, 0.25) is 11.8 Å². The summed E-state index contributed by atoms with van der Waals surface area (Å²) in [5, 5.41) is 2.74. The average Bonchev–Trinajstić information content (AvgIpc) is 3.03. The lowest BCUT2D eigenvalue weighted by Crippen LogP contribution is -2.33. The van der Waals surface area contributed by atoms with E-state index in [0.717, 1.165) is 0 Å². The molecule has 3 amide bonds. The number of hydrogen-bond donors (Lipinski definition) is 1. The number of benzene rings is 2. The molecule has 0 spiro atoms. The maximum atomic E-state index is 12.5. The zero-order valence-electron chi connectivity index (χ0n) is 15.8. The van der Waals surface area contributed by atoms with Crippen LogP contribution in [0, 0.1) is 0 Å². The first-order chi connectivity index (χ1) is 13.9. The first-order valence-electron chi connectivity index (χ1n) is 9.35. The van der Waals surface area contributed by atoms with Crippen molar-refractivity contribution in [2.24, 2.45) is 0 Å². The fourth-order valence-corrected chi connectivity index (χ4v) is 4.50. The fourth-order valence-electron chi connectivity index (χ4n) is 3.15. The monoisotopic (exact) mass is 414 g/mol. The fraction of sp³-hybridized carbons (Fsp3) is 0.286. The highest BCUT2D eigenvalue weighted by atomic mass is 32.2. The Labute approximate surface area is 169 Å². The highest BCUT2D eigenvalue weighted by Crippen LogP contribution is 2.17. The van der Waals surface area contributed by atoms with Crippen LogP contribution in [0.5, 0.6) is 0 Å². The molecule has 0 aliphatic carbocycles. The molecule has 0 aromatic heterocycles. The summed E-state index contributed by atoms with van der Waals surface area (Å²) in [6.45, 7) is 0.593. The van der Waals surface area contributed by atoms with Gasteiger partial charge in [0.05, 0.1) is 10.6 Å². The van der Waals surface area contributed by atoms with Crippen molar-refractivity contribution < 1.29 is 22.8 Å². The first kappa shape index (κ1) is 20.7. The molecule has 7 nitrogen and oxygen atoms in total. The SMILES string of the molecule is O=C(NCCCN1C(=O)CCC1=O)c1cccc(CS(=O)(=O)c2ccccc2)c1. The van der Waals surface area contributed by atoms with Crippen molar-refractivity contribution in [3.05, 3.63) is 65.7 Å². The lowest BCUT2D eigenvalue weighted by atomic mass is 10.1. The number of sulfone groups is 1. The second-order valence-corrected chi connectivity index (χ2v) is 8.81. The number of carbonyl (C=O) groups is 3. The minimum absolute atomic E-state index is 0.173. The predicted octanol–water partition coefficient (Wildman–Crippen LogP) is 1.93. The van der Waals surface area contributed by atoms with E-state index in [1.54, 1.807) is 54.6 Å². The standard InChI is InChI=1S/C21H22N2O5S/c24-19-10-11-20(25)23(19)13-5-12-22-21(26)17-7-4-6-16(14-17)15-29(27,28)18-8-2-1-3-9-18/h1-4,6-9,14H,5,10-13,15H2,(H,22,26). The zero-order chi connectivity index (χ0) is 20.9. The van der Waals surface area contributed by atoms with Crippen LogP contribution >= 0.6 is 0 Å². The molecule has 0 radical (unpaired) electrons. The summed E-state index contributed by atoms with van der Waals surface area (Å²) in [4.78, 5) is 36.9. The van der Waals surface area contributed by atoms with E-state index < -0.39 is 9.84 Å². The molecule has 1 aliphatic heterocycles. The minimum Gasteiger partial charge on any atom is -0.352 e. The van der Waals surface area contributed by atoms with Gasteiger partial charge in [-0.2, -0.15) is 0 Å². The molecule has 2 aromatic carbocycles. The van der Waals surface area contributed by atoms with E-state index in [4.69, 9.17) is 0 Å². The number of rotatable bonds is 8. The van der Waals surface area contributed by atoms with Crippen LogP contribution in [0.25, 0.3) is 0 Å². The molecular weight excluding hydrogens is 392 g/mol. The van der Waals surface area contributed by atoms with Gasteiger partial charge in [0.1, 0.15) is 0 Å². The molecule has 2 aromatic rings. The van der Waals surface area contributed by atoms with Crippen molar-refractivity contribution in [2.75, 3.05) is 13.1 Å². The number of nitrogens with one attached hydrogen (secondary N) is 1. The number of hydrogen-bond acceptors (Lipinski definition) is 5. The molecule has 3 rings (SSSR count). The summed E-state index contributed by atoms with van der Waals surface area (Å²) in [6.07, 6.45) is 0.971. The largest absolute Gasteiger partial charge is 0.352 e. The van der Waals surface area contributed by atoms with E-state index >= 15 is 0 Å². The van der Waals surface area contributed by atoms with Crippen LogP contribution in [-0.4, -0.2) is 44.1 Å². The summed E-state index contributed by atoms with van der Waals surface area (Å²) in [5.74, 6) is -0.873. The van der Waals surface area contributed by atoms with Crippen LogP contribution in [0.4, 0.5) is 0 Å². The Morgan fingerprint density at radius 3 is 2.34 bits per heavy atom. The van der Waals surface area contributed by atoms with Crippen LogP contribution in [0.2, 0.25) is 0 Å². The van der Waals surface area contributed by atoms with Crippen LogP contribution in [-0.2, 0) is 25.2 Å². The number of amides is 3. The van der Waals surface area contributed by atoms with Crippen molar-refractivity contribution >= 4 is 27.6 Å². The highest BCUT2D eigenvalue weighted by molar-refractivity contribution is 7.90. The lowest BCUT2D eigenvalue weighted by Gasteiger charge is -2.13. The average molecular weight is 414 g/mol. The number of nitrogens with zero attached hydrogens (tertiary/aromatic N) is 1. The van der Waals surface area contributed by atoms with Crippen LogP contribution in [0.15, 0.2) is 59.5 Å². The highest BCUT2D eigenvalue weighted by Gasteiger charge is 2.27. The van der Waals surface area contributed by atoms with Crippen molar-refractivity contribution in [1.29, 1.82) is 0 Å². The van der Waals surface area contributed by atoms with Gasteiger partial charge in [-0.25, -0.2) is 8.42 Å². The van der Waals surface area contributed by atoms with E-state index in [0.29, 0.717) is 24.1 Å². The number of carbonyl (C=O) groups excluding carboxylic acids is 3. The van der Waals surface area contributed by atoms with Gasteiger partial charge in [0, 0.05) is 31.5 Å². The maximum Gasteiger partial charge on any atom is 0.251 e. The number of imide groups is 1. The molecule has 1 N–H and O–H groups in total. The normalized spacial score (nSPS) is 14.3. The Morgan fingerprint density at radius 1 is 0.966 bits per heavy atom. The first-order valence-corrected chi connectivity index (χ1v) is 11.0. The Balaban J connectivity index is 1.55. The van der Waals surface area contributed by atoms with Gasteiger partial charge >= 0.3 is 0 Å². The van der Waals surface area contributed by atoms with Crippen LogP contribution in [0.3, 0.4) is 0 Å². The van der Waals surface area contributed by atoms with Crippen molar-refractivity contribution in [2.45, 2.75) is 29.9 Å². The summed E-state index contributed by atoms with van der Waals surface area (Å²) >= 11 is 0. The molecule has 0 unspecified atom stereocenters. The van der Waals surface area contributed by atoms with Gasteiger partial charge in [-0.15, -0.1) is 0 Å². The summed E-state index contributed by atoms with van der Waals surface area (Å²) in [6, 6.07) is 14.7. The third-order valence-electron chi connectivity index (χ3n) is 4.65. The second kappa shape index (κ2) is 9.00. The lowest BCUT2D eigenvalue weighted by molar-refractivity contribution is -0.138. The summed E-state index contributed by atoms with van der Waals surface area (Å²) < 4.78 is 25.0. The maximum absolute atomic E-state index is 12.5. The zero-order valence-corrected chi connectivity index (χ0v) is 16.7. The van der Waals surface area contributed by atoms with Crippen molar-refractivity contribution in [3.63, 3.8) is 0 Å². The van der Waals surface area contributed by atoms with E-state index in [9.17, 15) is 22.8 Å². The Hall–Kier alpha value is -3.00. The van der Waals surface area contributed by atoms with Crippen molar-refractivity contribution in [3.8, 4) is 0 Å². The molecule has 1 heterocycles. The Morgan fingerprint density at radius 2 is 1.66 bits per heavy atom. The van der Waals surface area contributed by atoms with E-state index in [2.05, 4.69) is 5.32 Å². The molecule has 0 atom stereocenters. The molecule has 1 aliphatic rings. The Bertz CT molecular complexity index is 1000. The predicted molar refractivity (Wildman–Crippen MR) is 107 cm³/mol. The summed E-state index contributed by atoms with van der Waals surface area (Å²) in [7, 11) is -3.50. The topological polar surface area (TPSA) is 101 Å². The molecule has 1 saturated heterocycles. The van der Waals surface area contributed by atoms with Crippen LogP contribution in [0.1, 0.15) is 35.2 Å². The minimum atomic E-state index is -3.50. The van der Waals surface area contributed by atoms with E-state index in [1.807, 2.05) is 0 Å². The van der Waals surface area contributed by atoms with Crippen LogP contribution < -0.4 is 5.32 Å². The molecule has 152 valence electrons. The smallest absolute Gasteiger partial charge is 0.251 e. The van der Waals surface area contributed by atoms with Gasteiger partial charge in [0.15, 0.2) is 9.84 Å². The van der Waals surface area contributed by atoms with E-state index in [1.165, 1.54) is 4.90 Å². The molecule has 0 saturated carbocycles.